The van der Waals surface area contributed by atoms with Crippen LogP contribution in [0, 0.1) is 29.6 Å². The van der Waals surface area contributed by atoms with E-state index in [0.29, 0.717) is 39.2 Å². The highest BCUT2D eigenvalue weighted by Gasteiger charge is 2.70. The van der Waals surface area contributed by atoms with Crippen LogP contribution in [0.25, 0.3) is 0 Å². The maximum Gasteiger partial charge on any atom is 0.416 e. The highest BCUT2D eigenvalue weighted by molar-refractivity contribution is 8.00. The third-order valence-electron chi connectivity index (χ3n) is 10.2. The van der Waals surface area contributed by atoms with Gasteiger partial charge in [0, 0.05) is 32.3 Å². The Kier molecular flexibility index (Phi) is 8.03. The molecule has 3 heterocycles. The highest BCUT2D eigenvalue weighted by atomic mass is 35.5. The molecule has 2 bridgehead atoms. The zero-order valence-corrected chi connectivity index (χ0v) is 28.4. The summed E-state index contributed by atoms with van der Waals surface area (Å²) in [6.45, 7) is -0.517. The van der Waals surface area contributed by atoms with Crippen LogP contribution >= 0.6 is 34.7 Å². The van der Waals surface area contributed by atoms with Crippen molar-refractivity contribution in [3.8, 4) is 11.5 Å². The Labute approximate surface area is 296 Å². The maximum absolute atomic E-state index is 14.1. The molecule has 2 aliphatic carbocycles. The van der Waals surface area contributed by atoms with Crippen LogP contribution in [-0.2, 0) is 20.6 Å². The number of aromatic nitrogens is 1. The first-order valence-corrected chi connectivity index (χ1v) is 17.8. The molecule has 15 heteroatoms. The van der Waals surface area contributed by atoms with Crippen molar-refractivity contribution in [2.45, 2.75) is 28.8 Å². The molecule has 3 amide bonds. The number of rotatable bonds is 7. The van der Waals surface area contributed by atoms with Gasteiger partial charge in [-0.15, -0.1) is 11.8 Å². The molecule has 0 radical (unpaired) electrons. The number of H-pyrrole nitrogens is 1. The van der Waals surface area contributed by atoms with Gasteiger partial charge in [0.05, 0.1) is 35.2 Å². The Hall–Kier alpha value is -4.27. The molecule has 2 saturated carbocycles. The molecule has 2 aliphatic heterocycles. The Morgan fingerprint density at radius 1 is 1.02 bits per heavy atom. The Morgan fingerprint density at radius 2 is 1.76 bits per heavy atom. The molecular weight excluding hydrogens is 715 g/mol. The topological polar surface area (TPSA) is 118 Å². The average Bonchev–Trinajstić information content (AvgIpc) is 3.82. The summed E-state index contributed by atoms with van der Waals surface area (Å²) < 4.78 is 50.9. The van der Waals surface area contributed by atoms with E-state index < -0.39 is 42.0 Å². The van der Waals surface area contributed by atoms with Gasteiger partial charge in [-0.2, -0.15) is 13.2 Å². The lowest BCUT2D eigenvalue weighted by molar-refractivity contribution is -0.137. The van der Waals surface area contributed by atoms with Crippen molar-refractivity contribution in [1.29, 1.82) is 0 Å². The van der Waals surface area contributed by atoms with E-state index in [9.17, 15) is 32.3 Å². The highest BCUT2D eigenvalue weighted by Crippen LogP contribution is 2.69. The van der Waals surface area contributed by atoms with Crippen LogP contribution in [-0.4, -0.2) is 41.7 Å². The minimum Gasteiger partial charge on any atom is -0.497 e. The predicted octanol–water partition coefficient (Wildman–Crippen LogP) is 6.81. The zero-order valence-electron chi connectivity index (χ0n) is 26.0. The number of thioether (sulfide) groups is 1. The number of nitrogens with one attached hydrogen (secondary N) is 2. The number of carbonyl (C=O) groups excluding carboxylic acids is 3. The van der Waals surface area contributed by atoms with E-state index in [2.05, 4.69) is 10.3 Å². The minimum atomic E-state index is -4.57. The second kappa shape index (κ2) is 12.2. The molecule has 4 aliphatic rings. The van der Waals surface area contributed by atoms with E-state index in [0.717, 1.165) is 28.3 Å². The van der Waals surface area contributed by atoms with Gasteiger partial charge < -0.3 is 19.8 Å². The smallest absolute Gasteiger partial charge is 0.416 e. The number of aromatic amines is 1. The minimum absolute atomic E-state index is 0.0327. The van der Waals surface area contributed by atoms with Crippen molar-refractivity contribution in [2.24, 2.45) is 29.6 Å². The van der Waals surface area contributed by atoms with E-state index in [1.807, 2.05) is 0 Å². The number of benzene rings is 3. The molecule has 1 aromatic heterocycles. The second-order valence-corrected chi connectivity index (χ2v) is 15.4. The first-order chi connectivity index (χ1) is 23.9. The van der Waals surface area contributed by atoms with E-state index >= 15 is 0 Å². The van der Waals surface area contributed by atoms with Crippen LogP contribution in [0.3, 0.4) is 0 Å². The van der Waals surface area contributed by atoms with Crippen LogP contribution in [0.15, 0.2) is 76.6 Å². The molecule has 3 aromatic carbocycles. The number of halogens is 4. The number of methoxy groups -OCH3 is 1. The molecule has 4 unspecified atom stereocenters. The summed E-state index contributed by atoms with van der Waals surface area (Å²) in [5.74, 6) is -2.20. The summed E-state index contributed by atoms with van der Waals surface area (Å²) in [6, 6.07) is 16.1. The van der Waals surface area contributed by atoms with Crippen molar-refractivity contribution in [2.75, 3.05) is 23.9 Å². The Bertz CT molecular complexity index is 2100. The first-order valence-electron chi connectivity index (χ1n) is 15.7. The Morgan fingerprint density at radius 3 is 2.48 bits per heavy atom. The molecule has 9 nitrogen and oxygen atoms in total. The zero-order chi connectivity index (χ0) is 35.1. The fourth-order valence-corrected chi connectivity index (χ4v) is 11.4. The van der Waals surface area contributed by atoms with Gasteiger partial charge in [0.25, 0.3) is 5.91 Å². The number of thiazole rings is 1. The predicted molar refractivity (Wildman–Crippen MR) is 181 cm³/mol. The summed E-state index contributed by atoms with van der Waals surface area (Å²) >= 11 is 9.14. The molecule has 7 atom stereocenters. The summed E-state index contributed by atoms with van der Waals surface area (Å²) in [7, 11) is 1.54. The molecule has 3 fully saturated rings. The SMILES string of the molecule is COc1ccc(N2C(=O)C3C(C2=O)[C@@H]2C[C@H]3C3Sc4[nH]c(=O)sc4[C@H](c4cc(Cl)ccc4OCC(=O)Nc4cccc(C(F)(F)F)c4)C32)cc1. The van der Waals surface area contributed by atoms with E-state index in [4.69, 9.17) is 21.1 Å². The number of hydrogen-bond acceptors (Lipinski definition) is 8. The third kappa shape index (κ3) is 5.39. The van der Waals surface area contributed by atoms with Crippen molar-refractivity contribution in [3.05, 3.63) is 97.4 Å². The van der Waals surface area contributed by atoms with Gasteiger partial charge >= 0.3 is 11.0 Å². The lowest BCUT2D eigenvalue weighted by Crippen LogP contribution is -2.42. The largest absolute Gasteiger partial charge is 0.497 e. The molecule has 50 heavy (non-hydrogen) atoms. The molecular formula is C35H27ClF3N3O6S2. The third-order valence-corrected chi connectivity index (χ3v) is 13.0. The number of fused-ring (bicyclic) bond motifs is 9. The van der Waals surface area contributed by atoms with Gasteiger partial charge in [0.2, 0.25) is 11.8 Å². The molecule has 1 saturated heterocycles. The number of nitrogens with zero attached hydrogens (tertiary/aromatic N) is 1. The number of anilines is 2. The number of hydrogen-bond donors (Lipinski definition) is 2. The van der Waals surface area contributed by atoms with Gasteiger partial charge in [-0.05, 0) is 84.8 Å². The summed E-state index contributed by atoms with van der Waals surface area (Å²) in [4.78, 5) is 58.4. The number of ether oxygens (including phenoxy) is 2. The quantitative estimate of drug-likeness (QED) is 0.200. The molecule has 0 spiro atoms. The van der Waals surface area contributed by atoms with Crippen molar-refractivity contribution in [3.63, 3.8) is 0 Å². The second-order valence-electron chi connectivity index (χ2n) is 12.8. The van der Waals surface area contributed by atoms with Crippen LogP contribution in [0.5, 0.6) is 11.5 Å². The summed E-state index contributed by atoms with van der Waals surface area (Å²) in [6.07, 6.45) is -3.91. The standard InChI is InChI=1S/C35H27ClF3N3O6S2/c1-47-19-8-6-18(7-9-19)42-32(44)27-21-13-22(28(27)33(42)45)29-26(21)25(30-31(49-29)41-34(46)50-30)20-12-16(36)5-10-23(20)48-14-24(43)40-17-4-2-3-15(11-17)35(37,38)39/h2-12,21-22,25-29H,13-14H2,1H3,(H,40,43)(H,41,46)/t21-,22-,25-,26?,27?,28?,29?/m1/s1. The summed E-state index contributed by atoms with van der Waals surface area (Å²) in [5.41, 5.74) is 0.169. The van der Waals surface area contributed by atoms with Gasteiger partial charge in [-0.3, -0.25) is 24.1 Å². The molecule has 2 N–H and O–H groups in total. The van der Waals surface area contributed by atoms with Gasteiger partial charge in [-0.1, -0.05) is 29.0 Å². The van der Waals surface area contributed by atoms with E-state index in [1.54, 1.807) is 42.5 Å². The average molecular weight is 742 g/mol. The van der Waals surface area contributed by atoms with Crippen molar-refractivity contribution < 1.29 is 37.0 Å². The maximum atomic E-state index is 14.1. The fourth-order valence-electron chi connectivity index (χ4n) is 8.36. The van der Waals surface area contributed by atoms with Gasteiger partial charge in [0.15, 0.2) is 6.61 Å². The van der Waals surface area contributed by atoms with E-state index in [1.165, 1.54) is 35.9 Å². The molecule has 8 rings (SSSR count). The summed E-state index contributed by atoms with van der Waals surface area (Å²) in [5, 5.41) is 3.42. The number of imide groups is 1. The molecule has 4 aromatic rings. The lowest BCUT2D eigenvalue weighted by atomic mass is 9.68. The van der Waals surface area contributed by atoms with Crippen molar-refractivity contribution in [1.82, 2.24) is 4.98 Å². The normalized spacial score (nSPS) is 26.4. The van der Waals surface area contributed by atoms with Crippen LogP contribution in [0.1, 0.15) is 28.3 Å². The van der Waals surface area contributed by atoms with Crippen molar-refractivity contribution >= 4 is 63.8 Å². The fraction of sp³-hybridized carbons (Fsp3) is 0.314. The van der Waals surface area contributed by atoms with E-state index in [-0.39, 0.29) is 45.4 Å². The lowest BCUT2D eigenvalue weighted by Gasteiger charge is -2.43. The number of carbonyl (C=O) groups is 3. The Balaban J connectivity index is 1.11. The number of amides is 3. The monoisotopic (exact) mass is 741 g/mol. The van der Waals surface area contributed by atoms with Crippen LogP contribution in [0.2, 0.25) is 5.02 Å². The van der Waals surface area contributed by atoms with Crippen LogP contribution in [0.4, 0.5) is 24.5 Å². The number of alkyl halides is 3. The van der Waals surface area contributed by atoms with Crippen LogP contribution < -0.4 is 24.6 Å². The van der Waals surface area contributed by atoms with Gasteiger partial charge in [0.1, 0.15) is 11.5 Å². The molecule has 258 valence electrons. The van der Waals surface area contributed by atoms with Gasteiger partial charge in [-0.25, -0.2) is 0 Å². The first kappa shape index (κ1) is 32.9.